The third-order valence-corrected chi connectivity index (χ3v) is 7.16. The highest BCUT2D eigenvalue weighted by Gasteiger charge is 2.18. The Morgan fingerprint density at radius 3 is 2.23 bits per heavy atom. The summed E-state index contributed by atoms with van der Waals surface area (Å²) >= 11 is 0. The molecule has 0 radical (unpaired) electrons. The summed E-state index contributed by atoms with van der Waals surface area (Å²) in [6, 6.07) is 21.1. The molecule has 5 rings (SSSR count). The quantitative estimate of drug-likeness (QED) is 0.266. The number of rotatable bonds is 5. The number of nitrogens with zero attached hydrogens (tertiary/aromatic N) is 3. The fourth-order valence-electron chi connectivity index (χ4n) is 3.72. The maximum absolute atomic E-state index is 12.1. The topological polar surface area (TPSA) is 139 Å². The van der Waals surface area contributed by atoms with Crippen LogP contribution in [-0.2, 0) is 20.2 Å². The van der Waals surface area contributed by atoms with Crippen molar-refractivity contribution < 1.29 is 25.9 Å². The van der Waals surface area contributed by atoms with Crippen molar-refractivity contribution in [1.29, 1.82) is 0 Å². The summed E-state index contributed by atoms with van der Waals surface area (Å²) < 4.78 is 66.2. The van der Waals surface area contributed by atoms with Crippen LogP contribution in [0.4, 0.5) is 0 Å². The normalized spacial score (nSPS) is 12.6. The molecule has 0 aliphatic carbocycles. The van der Waals surface area contributed by atoms with E-state index < -0.39 is 20.2 Å². The standard InChI is InChI=1S/C24H17N3O6S2/c28-34(29,30)20-11-12-21-18(14-20)9-13-22-24(21)26-27(25-22)19-10-8-17(23(15-19)35(31,32)33)7-6-16-4-2-1-3-5-16/h1-15H,(H,28,29,30)(H,31,32,33). The Kier molecular flexibility index (Phi) is 5.49. The van der Waals surface area contributed by atoms with E-state index in [2.05, 4.69) is 10.2 Å². The van der Waals surface area contributed by atoms with Gasteiger partial charge in [0.2, 0.25) is 0 Å². The number of aromatic nitrogens is 3. The molecular formula is C24H17N3O6S2. The van der Waals surface area contributed by atoms with Crippen LogP contribution in [0.1, 0.15) is 11.1 Å². The molecular weight excluding hydrogens is 490 g/mol. The van der Waals surface area contributed by atoms with Crippen LogP contribution in [0.25, 0.3) is 39.6 Å². The van der Waals surface area contributed by atoms with Crippen molar-refractivity contribution >= 4 is 54.2 Å². The number of hydrogen-bond acceptors (Lipinski definition) is 6. The van der Waals surface area contributed by atoms with E-state index in [9.17, 15) is 25.9 Å². The molecule has 0 bridgehead atoms. The summed E-state index contributed by atoms with van der Waals surface area (Å²) in [5.74, 6) is 0. The molecule has 4 aromatic carbocycles. The van der Waals surface area contributed by atoms with Gasteiger partial charge in [0.15, 0.2) is 0 Å². The van der Waals surface area contributed by atoms with Crippen molar-refractivity contribution in [3.63, 3.8) is 0 Å². The van der Waals surface area contributed by atoms with Gasteiger partial charge in [-0.25, -0.2) is 0 Å². The second kappa shape index (κ2) is 8.40. The van der Waals surface area contributed by atoms with Gasteiger partial charge >= 0.3 is 0 Å². The predicted molar refractivity (Wildman–Crippen MR) is 131 cm³/mol. The van der Waals surface area contributed by atoms with Gasteiger partial charge in [-0.2, -0.15) is 21.6 Å². The minimum Gasteiger partial charge on any atom is -0.282 e. The van der Waals surface area contributed by atoms with Crippen molar-refractivity contribution in [2.75, 3.05) is 0 Å². The van der Waals surface area contributed by atoms with Crippen molar-refractivity contribution in [1.82, 2.24) is 15.0 Å². The first kappa shape index (κ1) is 22.9. The summed E-state index contributed by atoms with van der Waals surface area (Å²) in [7, 11) is -8.91. The second-order valence-electron chi connectivity index (χ2n) is 7.72. The molecule has 0 amide bonds. The van der Waals surface area contributed by atoms with Crippen molar-refractivity contribution in [2.24, 2.45) is 0 Å². The molecule has 0 atom stereocenters. The number of fused-ring (bicyclic) bond motifs is 3. The molecule has 0 unspecified atom stereocenters. The lowest BCUT2D eigenvalue weighted by atomic mass is 10.1. The third kappa shape index (κ3) is 4.57. The molecule has 0 aliphatic heterocycles. The first-order valence-corrected chi connectivity index (χ1v) is 13.1. The lowest BCUT2D eigenvalue weighted by Crippen LogP contribution is -2.05. The van der Waals surface area contributed by atoms with E-state index in [1.54, 1.807) is 36.4 Å². The van der Waals surface area contributed by atoms with Crippen LogP contribution in [0.3, 0.4) is 0 Å². The molecule has 11 heteroatoms. The Morgan fingerprint density at radius 2 is 1.51 bits per heavy atom. The highest BCUT2D eigenvalue weighted by molar-refractivity contribution is 7.86. The molecule has 5 aromatic rings. The maximum atomic E-state index is 12.1. The lowest BCUT2D eigenvalue weighted by Gasteiger charge is -2.06. The molecule has 1 aromatic heterocycles. The summed E-state index contributed by atoms with van der Waals surface area (Å²) in [4.78, 5) is 0.694. The van der Waals surface area contributed by atoms with Gasteiger partial charge in [-0.1, -0.05) is 60.7 Å². The molecule has 2 N–H and O–H groups in total. The molecule has 35 heavy (non-hydrogen) atoms. The predicted octanol–water partition coefficient (Wildman–Crippen LogP) is 4.24. The summed E-state index contributed by atoms with van der Waals surface area (Å²) in [5, 5.41) is 9.97. The Labute approximate surface area is 200 Å². The number of hydrogen-bond donors (Lipinski definition) is 2. The Bertz CT molecular complexity index is 1850. The van der Waals surface area contributed by atoms with Gasteiger partial charge < -0.3 is 0 Å². The van der Waals surface area contributed by atoms with Crippen molar-refractivity contribution in [2.45, 2.75) is 9.79 Å². The molecule has 1 heterocycles. The third-order valence-electron chi connectivity index (χ3n) is 5.40. The van der Waals surface area contributed by atoms with Crippen LogP contribution in [0.5, 0.6) is 0 Å². The van der Waals surface area contributed by atoms with Gasteiger partial charge in [-0.3, -0.25) is 9.11 Å². The van der Waals surface area contributed by atoms with E-state index in [0.29, 0.717) is 33.1 Å². The largest absolute Gasteiger partial charge is 0.295 e. The van der Waals surface area contributed by atoms with Crippen LogP contribution in [0.2, 0.25) is 0 Å². The average Bonchev–Trinajstić information content (AvgIpc) is 3.27. The van der Waals surface area contributed by atoms with Gasteiger partial charge in [0, 0.05) is 5.39 Å². The zero-order valence-electron chi connectivity index (χ0n) is 17.8. The molecule has 0 fully saturated rings. The molecule has 0 spiro atoms. The van der Waals surface area contributed by atoms with Crippen LogP contribution in [0, 0.1) is 0 Å². The Hall–Kier alpha value is -3.90. The smallest absolute Gasteiger partial charge is 0.282 e. The lowest BCUT2D eigenvalue weighted by molar-refractivity contribution is 0.481. The highest BCUT2D eigenvalue weighted by atomic mass is 32.2. The average molecular weight is 508 g/mol. The fourth-order valence-corrected chi connectivity index (χ4v) is 4.94. The number of benzene rings is 4. The first-order chi connectivity index (χ1) is 16.6. The SMILES string of the molecule is O=S(=O)(O)c1ccc2c(ccc3nn(-c4ccc(C=Cc5ccccc5)c(S(=O)(=O)O)c4)nc32)c1. The van der Waals surface area contributed by atoms with E-state index in [-0.39, 0.29) is 9.79 Å². The van der Waals surface area contributed by atoms with E-state index in [0.717, 1.165) is 5.56 Å². The highest BCUT2D eigenvalue weighted by Crippen LogP contribution is 2.27. The molecule has 0 saturated carbocycles. The monoisotopic (exact) mass is 507 g/mol. The van der Waals surface area contributed by atoms with Crippen molar-refractivity contribution in [3.8, 4) is 5.69 Å². The Balaban J connectivity index is 1.61. The van der Waals surface area contributed by atoms with Crippen LogP contribution in [-0.4, -0.2) is 40.9 Å². The zero-order valence-corrected chi connectivity index (χ0v) is 19.5. The minimum absolute atomic E-state index is 0.242. The van der Waals surface area contributed by atoms with Crippen LogP contribution in [0.15, 0.2) is 88.7 Å². The molecule has 9 nitrogen and oxygen atoms in total. The first-order valence-electron chi connectivity index (χ1n) is 10.2. The van der Waals surface area contributed by atoms with E-state index >= 15 is 0 Å². The van der Waals surface area contributed by atoms with Gasteiger partial charge in [0.25, 0.3) is 20.2 Å². The van der Waals surface area contributed by atoms with Gasteiger partial charge in [0.05, 0.1) is 10.6 Å². The molecule has 176 valence electrons. The second-order valence-corrected chi connectivity index (χ2v) is 10.5. The Morgan fingerprint density at radius 1 is 0.743 bits per heavy atom. The fraction of sp³-hybridized carbons (Fsp3) is 0. The van der Waals surface area contributed by atoms with Gasteiger partial charge in [-0.15, -0.1) is 10.2 Å². The van der Waals surface area contributed by atoms with Gasteiger partial charge in [0.1, 0.15) is 15.9 Å². The minimum atomic E-state index is -4.55. The van der Waals surface area contributed by atoms with Crippen LogP contribution < -0.4 is 0 Å². The summed E-state index contributed by atoms with van der Waals surface area (Å²) in [5.41, 5.74) is 2.39. The zero-order chi connectivity index (χ0) is 24.8. The molecule has 0 saturated heterocycles. The van der Waals surface area contributed by atoms with E-state index in [1.165, 1.54) is 29.1 Å². The van der Waals surface area contributed by atoms with Crippen molar-refractivity contribution in [3.05, 3.63) is 90.0 Å². The van der Waals surface area contributed by atoms with Crippen LogP contribution >= 0.6 is 0 Å². The van der Waals surface area contributed by atoms with E-state index in [4.69, 9.17) is 0 Å². The van der Waals surface area contributed by atoms with Gasteiger partial charge in [-0.05, 0) is 46.8 Å². The summed E-state index contributed by atoms with van der Waals surface area (Å²) in [6.45, 7) is 0. The summed E-state index contributed by atoms with van der Waals surface area (Å²) in [6.07, 6.45) is 3.33. The molecule has 0 aliphatic rings. The van der Waals surface area contributed by atoms with E-state index in [1.807, 2.05) is 30.3 Å². The maximum Gasteiger partial charge on any atom is 0.295 e.